The maximum Gasteiger partial charge on any atom is 0.340 e. The molecule has 2 aromatic rings. The Balaban J connectivity index is 2.48. The largest absolute Gasteiger partial charge is 0.506 e. The van der Waals surface area contributed by atoms with E-state index >= 15 is 0 Å². The summed E-state index contributed by atoms with van der Waals surface area (Å²) in [6.45, 7) is 3.97. The molecule has 138 valence electrons. The molecule has 0 spiro atoms. The molecule has 3 N–H and O–H groups in total. The van der Waals surface area contributed by atoms with Gasteiger partial charge in [-0.1, -0.05) is 53.5 Å². The zero-order valence-corrected chi connectivity index (χ0v) is 15.9. The summed E-state index contributed by atoms with van der Waals surface area (Å²) in [7, 11) is 0. The number of ether oxygens (including phenoxy) is 1. The molecule has 0 atom stereocenters. The van der Waals surface area contributed by atoms with Crippen molar-refractivity contribution in [3.63, 3.8) is 0 Å². The van der Waals surface area contributed by atoms with Crippen LogP contribution < -0.4 is 5.32 Å². The minimum Gasteiger partial charge on any atom is -0.506 e. The lowest BCUT2D eigenvalue weighted by atomic mass is 10.0. The van der Waals surface area contributed by atoms with Crippen molar-refractivity contribution in [1.29, 1.82) is 0 Å². The van der Waals surface area contributed by atoms with E-state index in [1.54, 1.807) is 13.8 Å². The molecule has 2 aromatic carbocycles. The second-order valence-electron chi connectivity index (χ2n) is 5.48. The van der Waals surface area contributed by atoms with Gasteiger partial charge in [0.2, 0.25) is 0 Å². The number of hydrogen-bond acceptors (Lipinski definition) is 5. The molecule has 0 fully saturated rings. The van der Waals surface area contributed by atoms with Crippen LogP contribution in [0.2, 0.25) is 10.0 Å². The normalized spacial score (nSPS) is 11.7. The van der Waals surface area contributed by atoms with Gasteiger partial charge in [-0.15, -0.1) is 0 Å². The maximum atomic E-state index is 12.5. The molecule has 7 heteroatoms. The molecule has 0 aliphatic carbocycles. The number of phenolic OH excluding ortho intramolecular Hbond substituents is 2. The molecule has 0 aromatic heterocycles. The van der Waals surface area contributed by atoms with Crippen LogP contribution in [0.3, 0.4) is 0 Å². The van der Waals surface area contributed by atoms with Gasteiger partial charge < -0.3 is 20.3 Å². The summed E-state index contributed by atoms with van der Waals surface area (Å²) < 4.78 is 5.09. The maximum absolute atomic E-state index is 12.5. The van der Waals surface area contributed by atoms with E-state index in [9.17, 15) is 15.0 Å². The number of carbonyl (C=O) groups is 1. The van der Waals surface area contributed by atoms with Gasteiger partial charge in [0.25, 0.3) is 0 Å². The zero-order chi connectivity index (χ0) is 19.3. The van der Waals surface area contributed by atoms with Crippen LogP contribution in [0.5, 0.6) is 11.5 Å². The number of phenols is 2. The van der Waals surface area contributed by atoms with Gasteiger partial charge in [0.05, 0.1) is 12.2 Å². The highest BCUT2D eigenvalue weighted by Gasteiger charge is 2.24. The van der Waals surface area contributed by atoms with Crippen molar-refractivity contribution in [1.82, 2.24) is 5.32 Å². The topological polar surface area (TPSA) is 78.8 Å². The summed E-state index contributed by atoms with van der Waals surface area (Å²) in [6.07, 6.45) is 0. The third-order valence-electron chi connectivity index (χ3n) is 3.69. The number of nitrogens with one attached hydrogen (secondary N) is 1. The van der Waals surface area contributed by atoms with Crippen LogP contribution in [0.4, 0.5) is 0 Å². The van der Waals surface area contributed by atoms with Crippen LogP contribution in [-0.4, -0.2) is 22.8 Å². The van der Waals surface area contributed by atoms with Crippen molar-refractivity contribution in [3.8, 4) is 11.5 Å². The Morgan fingerprint density at radius 1 is 1.15 bits per heavy atom. The fourth-order valence-corrected chi connectivity index (χ4v) is 2.72. The predicted molar refractivity (Wildman–Crippen MR) is 102 cm³/mol. The van der Waals surface area contributed by atoms with E-state index in [0.29, 0.717) is 12.2 Å². The standard InChI is InChI=1S/C19H19Cl2NO4/c1-3-26-19(25)15(11(2)22-10-12-7-5-4-6-8-12)13-9-14(23)16(20)17(21)18(13)24/h4-9,22-24H,3,10H2,1-2H3/b15-11-. The highest BCUT2D eigenvalue weighted by molar-refractivity contribution is 6.44. The van der Waals surface area contributed by atoms with E-state index < -0.39 is 11.7 Å². The van der Waals surface area contributed by atoms with E-state index in [2.05, 4.69) is 5.32 Å². The molecule has 0 heterocycles. The first kappa shape index (κ1) is 19.9. The Labute approximate surface area is 161 Å². The van der Waals surface area contributed by atoms with Gasteiger partial charge >= 0.3 is 5.97 Å². The monoisotopic (exact) mass is 395 g/mol. The molecule has 0 unspecified atom stereocenters. The third-order valence-corrected chi connectivity index (χ3v) is 4.53. The van der Waals surface area contributed by atoms with Crippen LogP contribution in [-0.2, 0) is 16.1 Å². The minimum absolute atomic E-state index is 0.0356. The van der Waals surface area contributed by atoms with Crippen LogP contribution >= 0.6 is 23.2 Å². The first-order chi connectivity index (χ1) is 12.4. The second kappa shape index (κ2) is 8.83. The number of allylic oxidation sites excluding steroid dienone is 1. The van der Waals surface area contributed by atoms with Crippen molar-refractivity contribution in [3.05, 3.63) is 63.3 Å². The van der Waals surface area contributed by atoms with E-state index in [-0.39, 0.29) is 33.5 Å². The number of esters is 1. The molecule has 0 radical (unpaired) electrons. The lowest BCUT2D eigenvalue weighted by Gasteiger charge is -2.16. The van der Waals surface area contributed by atoms with Gasteiger partial charge in [0.1, 0.15) is 21.5 Å². The van der Waals surface area contributed by atoms with E-state index in [0.717, 1.165) is 5.56 Å². The highest BCUT2D eigenvalue weighted by atomic mass is 35.5. The summed E-state index contributed by atoms with van der Waals surface area (Å²) in [6, 6.07) is 10.8. The smallest absolute Gasteiger partial charge is 0.340 e. The van der Waals surface area contributed by atoms with E-state index in [1.165, 1.54) is 6.07 Å². The molecule has 0 saturated heterocycles. The van der Waals surface area contributed by atoms with Crippen LogP contribution in [0.15, 0.2) is 42.1 Å². The fourth-order valence-electron chi connectivity index (χ4n) is 2.38. The molecule has 26 heavy (non-hydrogen) atoms. The van der Waals surface area contributed by atoms with Gasteiger partial charge in [-0.3, -0.25) is 0 Å². The number of rotatable bonds is 6. The van der Waals surface area contributed by atoms with Gasteiger partial charge in [-0.2, -0.15) is 0 Å². The molecule has 0 aliphatic rings. The van der Waals surface area contributed by atoms with Crippen molar-refractivity contribution in [2.45, 2.75) is 20.4 Å². The number of aromatic hydroxyl groups is 2. The molecule has 2 rings (SSSR count). The molecule has 0 bridgehead atoms. The lowest BCUT2D eigenvalue weighted by molar-refractivity contribution is -0.136. The Kier molecular flexibility index (Phi) is 6.77. The van der Waals surface area contributed by atoms with Gasteiger partial charge in [0.15, 0.2) is 0 Å². The molecule has 0 amide bonds. The average molecular weight is 396 g/mol. The minimum atomic E-state index is -0.654. The first-order valence-corrected chi connectivity index (χ1v) is 8.68. The Hall–Kier alpha value is -2.37. The summed E-state index contributed by atoms with van der Waals surface area (Å²) in [5, 5.41) is 23.0. The molecular formula is C19H19Cl2NO4. The summed E-state index contributed by atoms with van der Waals surface area (Å²) >= 11 is 11.8. The Morgan fingerprint density at radius 3 is 2.42 bits per heavy atom. The summed E-state index contributed by atoms with van der Waals surface area (Å²) in [5.74, 6) is -1.40. The second-order valence-corrected chi connectivity index (χ2v) is 6.24. The van der Waals surface area contributed by atoms with Gasteiger partial charge in [0, 0.05) is 17.8 Å². The summed E-state index contributed by atoms with van der Waals surface area (Å²) in [5.41, 5.74) is 1.57. The lowest BCUT2D eigenvalue weighted by Crippen LogP contribution is -2.17. The van der Waals surface area contributed by atoms with Crippen molar-refractivity contribution in [2.24, 2.45) is 0 Å². The molecular weight excluding hydrogens is 377 g/mol. The summed E-state index contributed by atoms with van der Waals surface area (Å²) in [4.78, 5) is 12.5. The SMILES string of the molecule is CCOC(=O)/C(=C(/C)NCc1ccccc1)c1cc(O)c(Cl)c(Cl)c1O. The number of halogens is 2. The molecule has 0 aliphatic heterocycles. The van der Waals surface area contributed by atoms with Crippen LogP contribution in [0.1, 0.15) is 25.0 Å². The molecule has 5 nitrogen and oxygen atoms in total. The van der Waals surface area contributed by atoms with E-state index in [1.807, 2.05) is 30.3 Å². The van der Waals surface area contributed by atoms with Crippen molar-refractivity contribution < 1.29 is 19.7 Å². The first-order valence-electron chi connectivity index (χ1n) is 7.92. The zero-order valence-electron chi connectivity index (χ0n) is 14.3. The van der Waals surface area contributed by atoms with Gasteiger partial charge in [-0.05, 0) is 25.5 Å². The predicted octanol–water partition coefficient (Wildman–Crippen LogP) is 4.49. The Bertz CT molecular complexity index is 835. The third kappa shape index (κ3) is 4.42. The van der Waals surface area contributed by atoms with Crippen molar-refractivity contribution >= 4 is 34.7 Å². The highest BCUT2D eigenvalue weighted by Crippen LogP contribution is 2.43. The number of benzene rings is 2. The van der Waals surface area contributed by atoms with Crippen molar-refractivity contribution in [2.75, 3.05) is 6.61 Å². The Morgan fingerprint density at radius 2 is 1.81 bits per heavy atom. The number of hydrogen-bond donors (Lipinski definition) is 3. The van der Waals surface area contributed by atoms with E-state index in [4.69, 9.17) is 27.9 Å². The van der Waals surface area contributed by atoms with Crippen LogP contribution in [0, 0.1) is 0 Å². The van der Waals surface area contributed by atoms with Gasteiger partial charge in [-0.25, -0.2) is 4.79 Å². The van der Waals surface area contributed by atoms with Crippen LogP contribution in [0.25, 0.3) is 5.57 Å². The molecule has 0 saturated carbocycles. The fraction of sp³-hybridized carbons (Fsp3) is 0.211. The average Bonchev–Trinajstić information content (AvgIpc) is 2.63. The quantitative estimate of drug-likeness (QED) is 0.381. The number of carbonyl (C=O) groups excluding carboxylic acids is 1.